The maximum Gasteiger partial charge on any atom is 0.269 e. The number of hydrogen-bond acceptors (Lipinski definition) is 8. The number of aliphatic hydroxyl groups excluding tert-OH is 1. The number of β-amino-alcohol motifs (C(OH)–C–C–N with tert-alkyl or cyclic N) is 1. The van der Waals surface area contributed by atoms with Gasteiger partial charge in [-0.05, 0) is 24.3 Å². The molecule has 0 radical (unpaired) electrons. The van der Waals surface area contributed by atoms with Crippen molar-refractivity contribution < 1.29 is 9.50 Å². The Hall–Kier alpha value is -4.36. The maximum absolute atomic E-state index is 14.6. The summed E-state index contributed by atoms with van der Waals surface area (Å²) in [5.41, 5.74) is 6.08. The van der Waals surface area contributed by atoms with Crippen LogP contribution in [0.4, 0.5) is 16.0 Å². The smallest absolute Gasteiger partial charge is 0.269 e. The highest BCUT2D eigenvalue weighted by Gasteiger charge is 2.38. The van der Waals surface area contributed by atoms with Gasteiger partial charge < -0.3 is 15.7 Å². The van der Waals surface area contributed by atoms with Gasteiger partial charge in [-0.3, -0.25) is 9.36 Å². The fourth-order valence-corrected chi connectivity index (χ4v) is 4.26. The monoisotopic (exact) mass is 443 g/mol. The molecule has 0 saturated carbocycles. The Kier molecular flexibility index (Phi) is 4.95. The highest BCUT2D eigenvalue weighted by molar-refractivity contribution is 5.79. The van der Waals surface area contributed by atoms with Gasteiger partial charge in [0.25, 0.3) is 5.56 Å². The molecular weight excluding hydrogens is 425 g/mol. The molecule has 0 unspecified atom stereocenters. The van der Waals surface area contributed by atoms with E-state index in [1.165, 1.54) is 23.0 Å². The standard InChI is InChI=1S/C23H18FN7O2/c24-16-7-4-8-17-19(16)23(33)31(13-5-2-1-3-6-13)22(29-17)18-9-14(32)11-30(18)21-15(10-25)20(26)27-12-28-21/h1-8,12,14,18,32H,9,11H2,(H2,26,27,28)/t14-,18-/m0/s1. The minimum absolute atomic E-state index is 0.0108. The van der Waals surface area contributed by atoms with E-state index < -0.39 is 23.5 Å². The Morgan fingerprint density at radius 3 is 2.70 bits per heavy atom. The molecule has 33 heavy (non-hydrogen) atoms. The van der Waals surface area contributed by atoms with Gasteiger partial charge in [-0.2, -0.15) is 5.26 Å². The van der Waals surface area contributed by atoms with Gasteiger partial charge in [-0.1, -0.05) is 24.3 Å². The highest BCUT2D eigenvalue weighted by atomic mass is 19.1. The molecule has 2 aromatic heterocycles. The van der Waals surface area contributed by atoms with Gasteiger partial charge in [0.05, 0.1) is 23.3 Å². The van der Waals surface area contributed by atoms with Gasteiger partial charge in [0.1, 0.15) is 40.8 Å². The molecule has 1 aliphatic heterocycles. The molecule has 3 heterocycles. The number of aliphatic hydroxyl groups is 1. The van der Waals surface area contributed by atoms with Gasteiger partial charge >= 0.3 is 0 Å². The first kappa shape index (κ1) is 20.5. The third-order valence-corrected chi connectivity index (χ3v) is 5.70. The van der Waals surface area contributed by atoms with Crippen molar-refractivity contribution in [1.82, 2.24) is 19.5 Å². The Morgan fingerprint density at radius 2 is 1.94 bits per heavy atom. The van der Waals surface area contributed by atoms with Crippen LogP contribution in [0, 0.1) is 17.1 Å². The predicted molar refractivity (Wildman–Crippen MR) is 119 cm³/mol. The lowest BCUT2D eigenvalue weighted by atomic mass is 10.1. The second-order valence-corrected chi connectivity index (χ2v) is 7.71. The molecule has 164 valence electrons. The Balaban J connectivity index is 1.80. The molecule has 2 aromatic carbocycles. The summed E-state index contributed by atoms with van der Waals surface area (Å²) < 4.78 is 16.0. The molecule has 9 nitrogen and oxygen atoms in total. The zero-order chi connectivity index (χ0) is 23.1. The largest absolute Gasteiger partial charge is 0.391 e. The van der Waals surface area contributed by atoms with E-state index in [1.54, 1.807) is 41.3 Å². The van der Waals surface area contributed by atoms with Crippen molar-refractivity contribution in [3.8, 4) is 11.8 Å². The van der Waals surface area contributed by atoms with Crippen molar-refractivity contribution in [2.45, 2.75) is 18.6 Å². The second-order valence-electron chi connectivity index (χ2n) is 7.71. The first-order valence-electron chi connectivity index (χ1n) is 10.2. The van der Waals surface area contributed by atoms with E-state index in [9.17, 15) is 19.6 Å². The van der Waals surface area contributed by atoms with Crippen molar-refractivity contribution in [2.24, 2.45) is 0 Å². The number of fused-ring (bicyclic) bond motifs is 1. The lowest BCUT2D eigenvalue weighted by Crippen LogP contribution is -2.33. The minimum atomic E-state index is -0.776. The number of anilines is 2. The molecule has 1 aliphatic rings. The normalized spacial score (nSPS) is 17.9. The lowest BCUT2D eigenvalue weighted by Gasteiger charge is -2.28. The van der Waals surface area contributed by atoms with Crippen molar-refractivity contribution in [1.29, 1.82) is 5.26 Å². The van der Waals surface area contributed by atoms with Crippen LogP contribution in [0.2, 0.25) is 0 Å². The first-order valence-corrected chi connectivity index (χ1v) is 10.2. The average Bonchev–Trinajstić information content (AvgIpc) is 3.20. The van der Waals surface area contributed by atoms with Gasteiger partial charge in [-0.25, -0.2) is 19.3 Å². The van der Waals surface area contributed by atoms with Crippen LogP contribution in [0.3, 0.4) is 0 Å². The van der Waals surface area contributed by atoms with Gasteiger partial charge in [0.15, 0.2) is 5.82 Å². The number of nitriles is 1. The molecular formula is C23H18FN7O2. The fraction of sp³-hybridized carbons (Fsp3) is 0.174. The number of halogens is 1. The summed E-state index contributed by atoms with van der Waals surface area (Å²) in [5.74, 6) is -0.127. The number of para-hydroxylation sites is 1. The quantitative estimate of drug-likeness (QED) is 0.492. The molecule has 3 N–H and O–H groups in total. The molecule has 0 aliphatic carbocycles. The third kappa shape index (κ3) is 3.35. The van der Waals surface area contributed by atoms with Crippen molar-refractivity contribution in [3.63, 3.8) is 0 Å². The Labute approximate surface area is 187 Å². The first-order chi connectivity index (χ1) is 16.0. The van der Waals surface area contributed by atoms with Crippen LogP contribution in [0.1, 0.15) is 23.9 Å². The van der Waals surface area contributed by atoms with E-state index in [0.29, 0.717) is 11.5 Å². The van der Waals surface area contributed by atoms with Crippen LogP contribution >= 0.6 is 0 Å². The number of rotatable bonds is 3. The van der Waals surface area contributed by atoms with Crippen molar-refractivity contribution >= 4 is 22.5 Å². The summed E-state index contributed by atoms with van der Waals surface area (Å²) in [5, 5.41) is 20.0. The van der Waals surface area contributed by atoms with E-state index in [-0.39, 0.29) is 41.1 Å². The number of benzene rings is 2. The van der Waals surface area contributed by atoms with E-state index in [0.717, 1.165) is 0 Å². The Bertz CT molecular complexity index is 1470. The van der Waals surface area contributed by atoms with E-state index in [4.69, 9.17) is 5.73 Å². The van der Waals surface area contributed by atoms with Crippen molar-refractivity contribution in [2.75, 3.05) is 17.2 Å². The molecule has 1 saturated heterocycles. The molecule has 4 aromatic rings. The zero-order valence-electron chi connectivity index (χ0n) is 17.3. The number of nitrogens with zero attached hydrogens (tertiary/aromatic N) is 6. The van der Waals surface area contributed by atoms with E-state index in [1.807, 2.05) is 6.07 Å². The SMILES string of the molecule is N#Cc1c(N)ncnc1N1C[C@@H](O)C[C@H]1c1nc2cccc(F)c2c(=O)n1-c1ccccc1. The van der Waals surface area contributed by atoms with Gasteiger partial charge in [0.2, 0.25) is 0 Å². The number of hydrogen-bond donors (Lipinski definition) is 2. The summed E-state index contributed by atoms with van der Waals surface area (Å²) in [6.07, 6.45) is 0.678. The van der Waals surface area contributed by atoms with Crippen molar-refractivity contribution in [3.05, 3.63) is 82.4 Å². The van der Waals surface area contributed by atoms with Gasteiger partial charge in [0, 0.05) is 13.0 Å². The average molecular weight is 443 g/mol. The van der Waals surface area contributed by atoms with Crippen LogP contribution in [0.5, 0.6) is 0 Å². The highest BCUT2D eigenvalue weighted by Crippen LogP contribution is 2.37. The van der Waals surface area contributed by atoms with Crippen LogP contribution in [0.25, 0.3) is 16.6 Å². The number of nitrogen functional groups attached to an aromatic ring is 1. The van der Waals surface area contributed by atoms with E-state index in [2.05, 4.69) is 15.0 Å². The zero-order valence-corrected chi connectivity index (χ0v) is 17.3. The van der Waals surface area contributed by atoms with E-state index >= 15 is 0 Å². The minimum Gasteiger partial charge on any atom is -0.391 e. The van der Waals surface area contributed by atoms with Crippen LogP contribution < -0.4 is 16.2 Å². The number of nitrogens with two attached hydrogens (primary N) is 1. The Morgan fingerprint density at radius 1 is 1.15 bits per heavy atom. The predicted octanol–water partition coefficient (Wildman–Crippen LogP) is 2.08. The topological polar surface area (TPSA) is 134 Å². The lowest BCUT2D eigenvalue weighted by molar-refractivity contribution is 0.193. The van der Waals surface area contributed by atoms with Crippen LogP contribution in [-0.2, 0) is 0 Å². The fourth-order valence-electron chi connectivity index (χ4n) is 4.26. The second kappa shape index (κ2) is 7.96. The summed E-state index contributed by atoms with van der Waals surface area (Å²) in [6.45, 7) is 0.141. The summed E-state index contributed by atoms with van der Waals surface area (Å²) in [6, 6.07) is 14.4. The van der Waals surface area contributed by atoms with Gasteiger partial charge in [-0.15, -0.1) is 0 Å². The summed E-state index contributed by atoms with van der Waals surface area (Å²) in [7, 11) is 0. The molecule has 5 rings (SSSR count). The third-order valence-electron chi connectivity index (χ3n) is 5.70. The van der Waals surface area contributed by atoms with Crippen LogP contribution in [-0.4, -0.2) is 37.3 Å². The van der Waals surface area contributed by atoms with Crippen LogP contribution in [0.15, 0.2) is 59.7 Å². The molecule has 1 fully saturated rings. The molecule has 10 heteroatoms. The molecule has 0 amide bonds. The molecule has 2 atom stereocenters. The molecule has 0 bridgehead atoms. The maximum atomic E-state index is 14.6. The molecule has 0 spiro atoms. The summed E-state index contributed by atoms with van der Waals surface area (Å²) in [4.78, 5) is 28.0. The number of aromatic nitrogens is 4. The summed E-state index contributed by atoms with van der Waals surface area (Å²) >= 11 is 0.